The topological polar surface area (TPSA) is 62.9 Å². The van der Waals surface area contributed by atoms with Gasteiger partial charge in [-0.15, -0.1) is 0 Å². The maximum Gasteiger partial charge on any atom is 0.232 e. The quantitative estimate of drug-likeness (QED) is 0.815. The molecule has 1 N–H and O–H groups in total. The number of nitrogens with zero attached hydrogens (tertiary/aromatic N) is 1. The van der Waals surface area contributed by atoms with E-state index < -0.39 is 0 Å². The molecule has 2 aliphatic rings. The van der Waals surface area contributed by atoms with Gasteiger partial charge < -0.3 is 14.3 Å². The summed E-state index contributed by atoms with van der Waals surface area (Å²) in [6, 6.07) is 6.87. The Labute approximate surface area is 159 Å². The Kier molecular flexibility index (Phi) is 4.56. The number of ether oxygens (including phenoxy) is 1. The van der Waals surface area contributed by atoms with E-state index in [1.807, 2.05) is 13.0 Å². The molecule has 2 atom stereocenters. The Balaban J connectivity index is 1.63. The van der Waals surface area contributed by atoms with E-state index in [4.69, 9.17) is 9.15 Å². The van der Waals surface area contributed by atoms with Crippen LogP contribution in [0.5, 0.6) is 11.5 Å². The molecule has 0 amide bonds. The van der Waals surface area contributed by atoms with Gasteiger partial charge in [-0.25, -0.2) is 0 Å². The summed E-state index contributed by atoms with van der Waals surface area (Å²) in [5, 5.41) is 10.4. The normalized spacial score (nSPS) is 24.3. The maximum atomic E-state index is 12.7. The predicted molar refractivity (Wildman–Crippen MR) is 103 cm³/mol. The molecule has 0 radical (unpaired) electrons. The number of aryl methyl sites for hydroxylation is 1. The van der Waals surface area contributed by atoms with Gasteiger partial charge in [0.25, 0.3) is 0 Å². The van der Waals surface area contributed by atoms with E-state index in [1.165, 1.54) is 6.42 Å². The first kappa shape index (κ1) is 17.9. The molecule has 0 bridgehead atoms. The first-order valence-electron chi connectivity index (χ1n) is 9.48. The number of carbonyl (C=O) groups excluding carboxylic acids is 1. The van der Waals surface area contributed by atoms with Crippen LogP contribution >= 0.6 is 0 Å². The average Bonchev–Trinajstić information content (AvgIpc) is 3.14. The van der Waals surface area contributed by atoms with Crippen LogP contribution in [0.25, 0.3) is 6.08 Å². The highest BCUT2D eigenvalue weighted by molar-refractivity contribution is 6.14. The number of Topliss-reactive ketones (excluding diaryl/α,β-unsaturated/α-hetero) is 1. The van der Waals surface area contributed by atoms with Gasteiger partial charge in [0.1, 0.15) is 23.0 Å². The summed E-state index contributed by atoms with van der Waals surface area (Å²) in [6.07, 6.45) is 2.83. The summed E-state index contributed by atoms with van der Waals surface area (Å²) in [6.45, 7) is 8.90. The van der Waals surface area contributed by atoms with E-state index in [0.717, 1.165) is 18.8 Å². The van der Waals surface area contributed by atoms with Gasteiger partial charge in [-0.2, -0.15) is 0 Å². The lowest BCUT2D eigenvalue weighted by Crippen LogP contribution is -2.38. The number of furan rings is 1. The van der Waals surface area contributed by atoms with Crippen LogP contribution in [0, 0.1) is 18.8 Å². The molecule has 0 spiro atoms. The van der Waals surface area contributed by atoms with Crippen molar-refractivity contribution in [3.63, 3.8) is 0 Å². The number of carbonyl (C=O) groups is 1. The Morgan fingerprint density at radius 1 is 1.19 bits per heavy atom. The Hall–Kier alpha value is -2.53. The number of rotatable bonds is 3. The second-order valence-electron chi connectivity index (χ2n) is 7.97. The second-order valence-corrected chi connectivity index (χ2v) is 7.97. The van der Waals surface area contributed by atoms with Crippen molar-refractivity contribution in [3.05, 3.63) is 52.7 Å². The van der Waals surface area contributed by atoms with Gasteiger partial charge in [0.05, 0.1) is 11.1 Å². The molecule has 142 valence electrons. The van der Waals surface area contributed by atoms with E-state index in [-0.39, 0.29) is 17.3 Å². The summed E-state index contributed by atoms with van der Waals surface area (Å²) in [5.41, 5.74) is 1.18. The molecular weight excluding hydrogens is 342 g/mol. The van der Waals surface area contributed by atoms with Gasteiger partial charge in [-0.1, -0.05) is 13.8 Å². The first-order chi connectivity index (χ1) is 12.9. The fourth-order valence-corrected chi connectivity index (χ4v) is 4.25. The SMILES string of the molecule is Cc1ccc(C=C2Oc3c(ccc(O)c3CN3C[C@@H](C)C[C@H](C)C3)C2=O)o1. The lowest BCUT2D eigenvalue weighted by atomic mass is 9.91. The second kappa shape index (κ2) is 6.89. The number of phenolic OH excluding ortho intramolecular Hbond substituents is 1. The zero-order chi connectivity index (χ0) is 19.1. The number of hydrogen-bond acceptors (Lipinski definition) is 5. The third-order valence-electron chi connectivity index (χ3n) is 5.28. The summed E-state index contributed by atoms with van der Waals surface area (Å²) < 4.78 is 11.4. The highest BCUT2D eigenvalue weighted by Crippen LogP contribution is 2.40. The Morgan fingerprint density at radius 2 is 1.93 bits per heavy atom. The molecule has 1 saturated heterocycles. The van der Waals surface area contributed by atoms with Crippen molar-refractivity contribution in [1.29, 1.82) is 0 Å². The van der Waals surface area contributed by atoms with Gasteiger partial charge in [-0.3, -0.25) is 9.69 Å². The molecule has 0 aliphatic carbocycles. The fraction of sp³-hybridized carbons (Fsp3) is 0.409. The molecule has 1 aromatic carbocycles. The van der Waals surface area contributed by atoms with E-state index in [9.17, 15) is 9.90 Å². The lowest BCUT2D eigenvalue weighted by molar-refractivity contribution is 0.101. The van der Waals surface area contributed by atoms with E-state index in [2.05, 4.69) is 18.7 Å². The van der Waals surface area contributed by atoms with E-state index in [1.54, 1.807) is 24.3 Å². The molecule has 1 fully saturated rings. The molecule has 5 heteroatoms. The minimum Gasteiger partial charge on any atom is -0.507 e. The zero-order valence-corrected chi connectivity index (χ0v) is 16.0. The molecule has 2 aromatic rings. The van der Waals surface area contributed by atoms with Gasteiger partial charge in [-0.05, 0) is 49.4 Å². The van der Waals surface area contributed by atoms with Crippen molar-refractivity contribution in [1.82, 2.24) is 4.90 Å². The average molecular weight is 367 g/mol. The summed E-state index contributed by atoms with van der Waals surface area (Å²) in [5.74, 6) is 3.28. The highest BCUT2D eigenvalue weighted by atomic mass is 16.5. The number of hydrogen-bond donors (Lipinski definition) is 1. The van der Waals surface area contributed by atoms with Crippen LogP contribution in [0.2, 0.25) is 0 Å². The molecule has 5 nitrogen and oxygen atoms in total. The van der Waals surface area contributed by atoms with Crippen LogP contribution in [0.3, 0.4) is 0 Å². The third-order valence-corrected chi connectivity index (χ3v) is 5.28. The summed E-state index contributed by atoms with van der Waals surface area (Å²) in [7, 11) is 0. The Bertz CT molecular complexity index is 901. The maximum absolute atomic E-state index is 12.7. The van der Waals surface area contributed by atoms with Crippen LogP contribution in [-0.2, 0) is 6.54 Å². The van der Waals surface area contributed by atoms with Crippen molar-refractivity contribution in [3.8, 4) is 11.5 Å². The van der Waals surface area contributed by atoms with Crippen molar-refractivity contribution in [2.24, 2.45) is 11.8 Å². The lowest BCUT2D eigenvalue weighted by Gasteiger charge is -2.35. The van der Waals surface area contributed by atoms with E-state index in [0.29, 0.717) is 41.0 Å². The van der Waals surface area contributed by atoms with Crippen molar-refractivity contribution >= 4 is 11.9 Å². The number of aromatic hydroxyl groups is 1. The molecule has 27 heavy (non-hydrogen) atoms. The molecule has 1 aromatic heterocycles. The smallest absolute Gasteiger partial charge is 0.232 e. The fourth-order valence-electron chi connectivity index (χ4n) is 4.25. The van der Waals surface area contributed by atoms with Crippen molar-refractivity contribution in [2.75, 3.05) is 13.1 Å². The van der Waals surface area contributed by atoms with Gasteiger partial charge >= 0.3 is 0 Å². The van der Waals surface area contributed by atoms with Crippen LogP contribution < -0.4 is 4.74 Å². The van der Waals surface area contributed by atoms with Crippen molar-refractivity contribution < 1.29 is 19.1 Å². The number of likely N-dealkylation sites (tertiary alicyclic amines) is 1. The van der Waals surface area contributed by atoms with Crippen LogP contribution in [-0.4, -0.2) is 28.9 Å². The third kappa shape index (κ3) is 3.52. The van der Waals surface area contributed by atoms with Crippen LogP contribution in [0.1, 0.15) is 47.7 Å². The minimum atomic E-state index is -0.180. The number of allylic oxidation sites excluding steroid dienone is 1. The largest absolute Gasteiger partial charge is 0.507 e. The molecule has 0 unspecified atom stereocenters. The molecule has 0 saturated carbocycles. The minimum absolute atomic E-state index is 0.169. The van der Waals surface area contributed by atoms with Crippen LogP contribution in [0.15, 0.2) is 34.4 Å². The van der Waals surface area contributed by atoms with Gasteiger partial charge in [0.15, 0.2) is 5.76 Å². The first-order valence-corrected chi connectivity index (χ1v) is 9.48. The molecule has 3 heterocycles. The standard InChI is InChI=1S/C22H25NO4/c1-13-8-14(2)11-23(10-13)12-18-19(24)7-6-17-21(25)20(27-22(17)18)9-16-5-4-15(3)26-16/h4-7,9,13-14,24H,8,10-12H2,1-3H3/t13-,14-/m0/s1. The number of piperidine rings is 1. The van der Waals surface area contributed by atoms with Crippen molar-refractivity contribution in [2.45, 2.75) is 33.7 Å². The highest BCUT2D eigenvalue weighted by Gasteiger charge is 2.33. The molecule has 2 aliphatic heterocycles. The predicted octanol–water partition coefficient (Wildman–Crippen LogP) is 4.39. The number of ketones is 1. The zero-order valence-electron chi connectivity index (χ0n) is 16.0. The number of fused-ring (bicyclic) bond motifs is 1. The van der Waals surface area contributed by atoms with Gasteiger partial charge in [0.2, 0.25) is 5.78 Å². The van der Waals surface area contributed by atoms with E-state index >= 15 is 0 Å². The number of phenols is 1. The summed E-state index contributed by atoms with van der Waals surface area (Å²) >= 11 is 0. The molecule has 4 rings (SSSR count). The molecular formula is C22H25NO4. The number of benzene rings is 1. The summed E-state index contributed by atoms with van der Waals surface area (Å²) in [4.78, 5) is 15.1. The van der Waals surface area contributed by atoms with Crippen LogP contribution in [0.4, 0.5) is 0 Å². The Morgan fingerprint density at radius 3 is 2.59 bits per heavy atom. The van der Waals surface area contributed by atoms with Gasteiger partial charge in [0, 0.05) is 25.7 Å². The monoisotopic (exact) mass is 367 g/mol.